The van der Waals surface area contributed by atoms with E-state index >= 15 is 0 Å². The van der Waals surface area contributed by atoms with E-state index in [2.05, 4.69) is 20.9 Å². The van der Waals surface area contributed by atoms with Crippen LogP contribution in [-0.4, -0.2) is 23.5 Å². The van der Waals surface area contributed by atoms with Crippen LogP contribution in [0.2, 0.25) is 0 Å². The van der Waals surface area contributed by atoms with E-state index in [9.17, 15) is 4.79 Å². The molecule has 5 nitrogen and oxygen atoms in total. The molecule has 1 aromatic rings. The molecule has 0 saturated heterocycles. The van der Waals surface area contributed by atoms with Gasteiger partial charge >= 0.3 is 0 Å². The molecule has 0 aliphatic heterocycles. The van der Waals surface area contributed by atoms with E-state index in [1.165, 1.54) is 0 Å². The molecule has 1 rings (SSSR count). The van der Waals surface area contributed by atoms with Crippen molar-refractivity contribution in [2.75, 3.05) is 17.2 Å². The molecule has 1 amide bonds. The lowest BCUT2D eigenvalue weighted by molar-refractivity contribution is -0.116. The van der Waals surface area contributed by atoms with Crippen LogP contribution in [0, 0.1) is 0 Å². The molecule has 1 aromatic heterocycles. The van der Waals surface area contributed by atoms with Gasteiger partial charge in [0, 0.05) is 16.7 Å². The number of pyridine rings is 1. The minimum absolute atomic E-state index is 0.100. The minimum atomic E-state index is -0.405. The number of carbonyl (C=O) groups excluding carboxylic acids is 1. The van der Waals surface area contributed by atoms with Crippen molar-refractivity contribution in [1.29, 1.82) is 0 Å². The fraction of sp³-hybridized carbons (Fsp3) is 0.400. The molecule has 1 heterocycles. The number of nitrogens with zero attached hydrogens (tertiary/aromatic N) is 2. The molecule has 0 aliphatic rings. The van der Waals surface area contributed by atoms with Gasteiger partial charge in [0.15, 0.2) is 5.82 Å². The van der Waals surface area contributed by atoms with E-state index in [1.54, 1.807) is 17.2 Å². The number of halogens is 1. The van der Waals surface area contributed by atoms with Crippen molar-refractivity contribution >= 4 is 33.3 Å². The third kappa shape index (κ3) is 3.10. The first-order chi connectivity index (χ1) is 7.41. The van der Waals surface area contributed by atoms with E-state index in [-0.39, 0.29) is 12.6 Å². The monoisotopic (exact) mass is 286 g/mol. The summed E-state index contributed by atoms with van der Waals surface area (Å²) < 4.78 is 0.802. The van der Waals surface area contributed by atoms with Crippen LogP contribution in [0.5, 0.6) is 0 Å². The number of carbonyl (C=O) groups is 1. The van der Waals surface area contributed by atoms with E-state index in [0.29, 0.717) is 11.5 Å². The topological polar surface area (TPSA) is 85.2 Å². The molecule has 0 fully saturated rings. The Morgan fingerprint density at radius 2 is 2.25 bits per heavy atom. The van der Waals surface area contributed by atoms with Crippen LogP contribution in [0.25, 0.3) is 0 Å². The molecule has 16 heavy (non-hydrogen) atoms. The number of amides is 1. The fourth-order valence-electron chi connectivity index (χ4n) is 1.36. The van der Waals surface area contributed by atoms with Gasteiger partial charge in [0.2, 0.25) is 5.91 Å². The van der Waals surface area contributed by atoms with E-state index in [4.69, 9.17) is 11.5 Å². The van der Waals surface area contributed by atoms with E-state index < -0.39 is 5.91 Å². The Labute approximate surface area is 103 Å². The number of anilines is 2. The average Bonchev–Trinajstić information content (AvgIpc) is 2.14. The first-order valence-electron chi connectivity index (χ1n) is 4.87. The van der Waals surface area contributed by atoms with Gasteiger partial charge in [0.25, 0.3) is 0 Å². The van der Waals surface area contributed by atoms with Gasteiger partial charge in [-0.25, -0.2) is 4.98 Å². The number of hydrogen-bond donors (Lipinski definition) is 2. The van der Waals surface area contributed by atoms with Gasteiger partial charge < -0.3 is 16.4 Å². The summed E-state index contributed by atoms with van der Waals surface area (Å²) in [6.07, 6.45) is 1.64. The number of rotatable bonds is 4. The first kappa shape index (κ1) is 12.8. The number of aromatic nitrogens is 1. The predicted octanol–water partition coefficient (Wildman–Crippen LogP) is 1.13. The van der Waals surface area contributed by atoms with Crippen molar-refractivity contribution in [2.45, 2.75) is 19.9 Å². The summed E-state index contributed by atoms with van der Waals surface area (Å²) in [5, 5.41) is 0. The molecule has 6 heteroatoms. The van der Waals surface area contributed by atoms with Gasteiger partial charge in [0.05, 0.1) is 12.2 Å². The summed E-state index contributed by atoms with van der Waals surface area (Å²) in [4.78, 5) is 16.9. The van der Waals surface area contributed by atoms with Crippen LogP contribution < -0.4 is 16.4 Å². The summed E-state index contributed by atoms with van der Waals surface area (Å²) in [5.74, 6) is 0.176. The van der Waals surface area contributed by atoms with Crippen LogP contribution >= 0.6 is 15.9 Å². The van der Waals surface area contributed by atoms with Crippen molar-refractivity contribution in [3.63, 3.8) is 0 Å². The van der Waals surface area contributed by atoms with Gasteiger partial charge in [-0.15, -0.1) is 0 Å². The minimum Gasteiger partial charge on any atom is -0.396 e. The van der Waals surface area contributed by atoms with Crippen molar-refractivity contribution < 1.29 is 4.79 Å². The lowest BCUT2D eigenvalue weighted by atomic mass is 10.2. The molecule has 4 N–H and O–H groups in total. The summed E-state index contributed by atoms with van der Waals surface area (Å²) >= 11 is 3.28. The Morgan fingerprint density at radius 3 is 2.69 bits per heavy atom. The number of hydrogen-bond acceptors (Lipinski definition) is 4. The highest BCUT2D eigenvalue weighted by Gasteiger charge is 2.16. The smallest absolute Gasteiger partial charge is 0.237 e. The van der Waals surface area contributed by atoms with Gasteiger partial charge in [-0.2, -0.15) is 0 Å². The lowest BCUT2D eigenvalue weighted by Crippen LogP contribution is -2.39. The van der Waals surface area contributed by atoms with Gasteiger partial charge in [-0.05, 0) is 35.8 Å². The molecular formula is C10H15BrN4O. The van der Waals surface area contributed by atoms with Crippen molar-refractivity contribution in [1.82, 2.24) is 4.98 Å². The summed E-state index contributed by atoms with van der Waals surface area (Å²) in [7, 11) is 0. The largest absolute Gasteiger partial charge is 0.396 e. The summed E-state index contributed by atoms with van der Waals surface area (Å²) in [6.45, 7) is 4.01. The molecule has 0 radical (unpaired) electrons. The number of nitrogen functional groups attached to an aromatic ring is 1. The molecule has 0 atom stereocenters. The fourth-order valence-corrected chi connectivity index (χ4v) is 1.71. The second-order valence-electron chi connectivity index (χ2n) is 3.75. The summed E-state index contributed by atoms with van der Waals surface area (Å²) in [5.41, 5.74) is 11.6. The highest BCUT2D eigenvalue weighted by atomic mass is 79.9. The standard InChI is InChI=1S/C10H15BrN4O/c1-6(2)15(5-9(13)16)10-8(12)3-7(11)4-14-10/h3-4,6H,5,12H2,1-2H3,(H2,13,16). The maximum absolute atomic E-state index is 11.0. The maximum Gasteiger partial charge on any atom is 0.237 e. The Balaban J connectivity index is 3.05. The maximum atomic E-state index is 11.0. The SMILES string of the molecule is CC(C)N(CC(N)=O)c1ncc(Br)cc1N. The molecule has 0 spiro atoms. The molecule has 0 aromatic carbocycles. The Bertz CT molecular complexity index is 394. The highest BCUT2D eigenvalue weighted by molar-refractivity contribution is 9.10. The Kier molecular flexibility index (Phi) is 4.12. The van der Waals surface area contributed by atoms with Gasteiger partial charge in [-0.3, -0.25) is 4.79 Å². The van der Waals surface area contributed by atoms with Crippen LogP contribution in [0.3, 0.4) is 0 Å². The quantitative estimate of drug-likeness (QED) is 0.869. The van der Waals surface area contributed by atoms with Crippen molar-refractivity contribution in [3.8, 4) is 0 Å². The third-order valence-corrected chi connectivity index (χ3v) is 2.52. The summed E-state index contributed by atoms with van der Waals surface area (Å²) in [6, 6.07) is 1.85. The number of nitrogens with two attached hydrogens (primary N) is 2. The number of primary amides is 1. The molecule has 0 aliphatic carbocycles. The molecule has 0 saturated carbocycles. The third-order valence-electron chi connectivity index (χ3n) is 2.08. The molecule has 0 unspecified atom stereocenters. The van der Waals surface area contributed by atoms with Crippen LogP contribution in [0.15, 0.2) is 16.7 Å². The predicted molar refractivity (Wildman–Crippen MR) is 68.0 cm³/mol. The molecular weight excluding hydrogens is 272 g/mol. The van der Waals surface area contributed by atoms with Crippen molar-refractivity contribution in [3.05, 3.63) is 16.7 Å². The Morgan fingerprint density at radius 1 is 1.62 bits per heavy atom. The second kappa shape index (κ2) is 5.16. The zero-order valence-corrected chi connectivity index (χ0v) is 10.9. The van der Waals surface area contributed by atoms with Crippen LogP contribution in [-0.2, 0) is 4.79 Å². The van der Waals surface area contributed by atoms with E-state index in [1.807, 2.05) is 13.8 Å². The molecule has 88 valence electrons. The normalized spacial score (nSPS) is 10.5. The van der Waals surface area contributed by atoms with Gasteiger partial charge in [0.1, 0.15) is 0 Å². The van der Waals surface area contributed by atoms with Crippen LogP contribution in [0.4, 0.5) is 11.5 Å². The second-order valence-corrected chi connectivity index (χ2v) is 4.67. The first-order valence-corrected chi connectivity index (χ1v) is 5.67. The zero-order chi connectivity index (χ0) is 12.3. The van der Waals surface area contributed by atoms with Gasteiger partial charge in [-0.1, -0.05) is 0 Å². The van der Waals surface area contributed by atoms with Crippen LogP contribution in [0.1, 0.15) is 13.8 Å². The highest BCUT2D eigenvalue weighted by Crippen LogP contribution is 2.24. The molecule has 0 bridgehead atoms. The Hall–Kier alpha value is -1.30. The zero-order valence-electron chi connectivity index (χ0n) is 9.27. The van der Waals surface area contributed by atoms with E-state index in [0.717, 1.165) is 4.47 Å². The average molecular weight is 287 g/mol. The lowest BCUT2D eigenvalue weighted by Gasteiger charge is -2.27. The van der Waals surface area contributed by atoms with Crippen molar-refractivity contribution in [2.24, 2.45) is 5.73 Å².